The van der Waals surface area contributed by atoms with Crippen LogP contribution < -0.4 is 4.74 Å². The smallest absolute Gasteiger partial charge is 0.409 e. The van der Waals surface area contributed by atoms with Crippen LogP contribution in [0.1, 0.15) is 24.8 Å². The Morgan fingerprint density at radius 2 is 1.96 bits per heavy atom. The number of nitrogens with zero attached hydrogens (tertiary/aromatic N) is 3. The highest BCUT2D eigenvalue weighted by Gasteiger charge is 2.29. The molecule has 2 heterocycles. The Hall–Kier alpha value is -2.79. The zero-order valence-electron chi connectivity index (χ0n) is 15.8. The van der Waals surface area contributed by atoms with E-state index in [0.717, 1.165) is 19.3 Å². The number of morpholine rings is 1. The molecule has 2 aliphatic rings. The van der Waals surface area contributed by atoms with Gasteiger partial charge in [-0.3, -0.25) is 4.79 Å². The second-order valence-electron chi connectivity index (χ2n) is 6.81. The highest BCUT2D eigenvalue weighted by atomic mass is 16.6. The molecule has 0 aliphatic carbocycles. The van der Waals surface area contributed by atoms with E-state index in [1.807, 2.05) is 0 Å². The van der Waals surface area contributed by atoms with Crippen LogP contribution in [-0.4, -0.2) is 73.9 Å². The number of carbonyl (C=O) groups excluding carboxylic acids is 2. The Morgan fingerprint density at radius 1 is 1.18 bits per heavy atom. The molecule has 2 amide bonds. The summed E-state index contributed by atoms with van der Waals surface area (Å²) in [5, 5.41) is 9.12. The number of benzene rings is 1. The Labute approximate surface area is 164 Å². The summed E-state index contributed by atoms with van der Waals surface area (Å²) in [6.07, 6.45) is 2.33. The van der Waals surface area contributed by atoms with E-state index in [1.165, 1.54) is 0 Å². The van der Waals surface area contributed by atoms with E-state index in [2.05, 4.69) is 6.07 Å². The molecule has 0 unspecified atom stereocenters. The van der Waals surface area contributed by atoms with Gasteiger partial charge in [0.25, 0.3) is 5.91 Å². The molecule has 150 valence electrons. The number of nitriles is 1. The van der Waals surface area contributed by atoms with Gasteiger partial charge in [-0.25, -0.2) is 4.79 Å². The van der Waals surface area contributed by atoms with E-state index >= 15 is 0 Å². The molecule has 0 N–H and O–H groups in total. The molecule has 0 bridgehead atoms. The lowest BCUT2D eigenvalue weighted by Crippen LogP contribution is -2.49. The lowest BCUT2D eigenvalue weighted by Gasteiger charge is -2.36. The van der Waals surface area contributed by atoms with Gasteiger partial charge in [0.15, 0.2) is 6.61 Å². The van der Waals surface area contributed by atoms with Crippen molar-refractivity contribution >= 4 is 12.0 Å². The minimum Gasteiger partial charge on any atom is -0.482 e. The summed E-state index contributed by atoms with van der Waals surface area (Å²) in [5.41, 5.74) is 0.393. The molecule has 0 spiro atoms. The van der Waals surface area contributed by atoms with E-state index in [-0.39, 0.29) is 31.3 Å². The minimum atomic E-state index is -0.361. The number of hydrogen-bond acceptors (Lipinski definition) is 6. The maximum Gasteiger partial charge on any atom is 0.409 e. The maximum atomic E-state index is 12.7. The first-order valence-corrected chi connectivity index (χ1v) is 9.60. The van der Waals surface area contributed by atoms with Crippen LogP contribution >= 0.6 is 0 Å². The Kier molecular flexibility index (Phi) is 7.09. The molecule has 0 saturated carbocycles. The normalized spacial score (nSPS) is 19.6. The van der Waals surface area contributed by atoms with Crippen LogP contribution in [0.5, 0.6) is 5.75 Å². The van der Waals surface area contributed by atoms with E-state index < -0.39 is 0 Å². The number of amides is 2. The van der Waals surface area contributed by atoms with Crippen molar-refractivity contribution < 1.29 is 23.8 Å². The second kappa shape index (κ2) is 9.95. The van der Waals surface area contributed by atoms with E-state index in [0.29, 0.717) is 44.2 Å². The molecule has 2 fully saturated rings. The van der Waals surface area contributed by atoms with Crippen molar-refractivity contribution in [3.05, 3.63) is 29.8 Å². The van der Waals surface area contributed by atoms with Crippen LogP contribution in [0.3, 0.4) is 0 Å². The van der Waals surface area contributed by atoms with Gasteiger partial charge in [-0.05, 0) is 31.4 Å². The molecule has 8 heteroatoms. The Bertz CT molecular complexity index is 727. The van der Waals surface area contributed by atoms with Crippen LogP contribution in [0.15, 0.2) is 24.3 Å². The van der Waals surface area contributed by atoms with Crippen LogP contribution in [0, 0.1) is 11.3 Å². The SMILES string of the molecule is N#Cc1ccccc1OCC(=O)N1CCCC[C@H]1COC(=O)N1CCOCC1. The molecule has 1 atom stereocenters. The lowest BCUT2D eigenvalue weighted by atomic mass is 10.0. The minimum absolute atomic E-state index is 0.146. The van der Waals surface area contributed by atoms with Crippen LogP contribution in [0.25, 0.3) is 0 Å². The van der Waals surface area contributed by atoms with Gasteiger partial charge in [0, 0.05) is 19.6 Å². The summed E-state index contributed by atoms with van der Waals surface area (Å²) >= 11 is 0. The van der Waals surface area contributed by atoms with Crippen LogP contribution in [0.2, 0.25) is 0 Å². The third kappa shape index (κ3) is 5.14. The zero-order chi connectivity index (χ0) is 19.8. The average Bonchev–Trinajstić information content (AvgIpc) is 2.76. The van der Waals surface area contributed by atoms with E-state index in [9.17, 15) is 9.59 Å². The summed E-state index contributed by atoms with van der Waals surface area (Å²) < 4.78 is 16.3. The van der Waals surface area contributed by atoms with Crippen molar-refractivity contribution in [3.63, 3.8) is 0 Å². The van der Waals surface area contributed by atoms with Gasteiger partial charge in [0.05, 0.1) is 24.8 Å². The summed E-state index contributed by atoms with van der Waals surface area (Å²) in [7, 11) is 0. The second-order valence-corrected chi connectivity index (χ2v) is 6.81. The first-order valence-electron chi connectivity index (χ1n) is 9.60. The van der Waals surface area contributed by atoms with Gasteiger partial charge in [-0.1, -0.05) is 12.1 Å². The Morgan fingerprint density at radius 3 is 2.75 bits per heavy atom. The molecule has 0 radical (unpaired) electrons. The number of carbonyl (C=O) groups is 2. The van der Waals surface area contributed by atoms with Crippen LogP contribution in [-0.2, 0) is 14.3 Å². The average molecular weight is 387 g/mol. The van der Waals surface area contributed by atoms with Gasteiger partial charge in [-0.15, -0.1) is 0 Å². The van der Waals surface area contributed by atoms with Crippen molar-refractivity contribution in [3.8, 4) is 11.8 Å². The van der Waals surface area contributed by atoms with E-state index in [1.54, 1.807) is 34.1 Å². The fourth-order valence-corrected chi connectivity index (χ4v) is 3.41. The van der Waals surface area contributed by atoms with Crippen molar-refractivity contribution in [1.82, 2.24) is 9.80 Å². The number of piperidine rings is 1. The van der Waals surface area contributed by atoms with Crippen molar-refractivity contribution in [2.24, 2.45) is 0 Å². The molecule has 0 aromatic heterocycles. The van der Waals surface area contributed by atoms with Crippen molar-refractivity contribution in [2.45, 2.75) is 25.3 Å². The van der Waals surface area contributed by atoms with Crippen molar-refractivity contribution in [2.75, 3.05) is 46.1 Å². The van der Waals surface area contributed by atoms with Gasteiger partial charge in [-0.2, -0.15) is 5.26 Å². The third-order valence-electron chi connectivity index (χ3n) is 4.97. The zero-order valence-corrected chi connectivity index (χ0v) is 15.8. The monoisotopic (exact) mass is 387 g/mol. The summed E-state index contributed by atoms with van der Waals surface area (Å²) in [6.45, 7) is 2.73. The molecular formula is C20H25N3O5. The predicted molar refractivity (Wildman–Crippen MR) is 99.7 cm³/mol. The van der Waals surface area contributed by atoms with Crippen LogP contribution in [0.4, 0.5) is 4.79 Å². The predicted octanol–water partition coefficient (Wildman–Crippen LogP) is 1.79. The summed E-state index contributed by atoms with van der Waals surface area (Å²) in [5.74, 6) is 0.227. The summed E-state index contributed by atoms with van der Waals surface area (Å²) in [4.78, 5) is 28.2. The highest BCUT2D eigenvalue weighted by Crippen LogP contribution is 2.20. The maximum absolute atomic E-state index is 12.7. The van der Waals surface area contributed by atoms with Crippen molar-refractivity contribution in [1.29, 1.82) is 5.26 Å². The highest BCUT2D eigenvalue weighted by molar-refractivity contribution is 5.78. The molecule has 1 aromatic carbocycles. The number of hydrogen-bond donors (Lipinski definition) is 0. The molecule has 2 saturated heterocycles. The quantitative estimate of drug-likeness (QED) is 0.765. The number of likely N-dealkylation sites (tertiary alicyclic amines) is 1. The third-order valence-corrected chi connectivity index (χ3v) is 4.97. The molecule has 2 aliphatic heterocycles. The first kappa shape index (κ1) is 20.0. The Balaban J connectivity index is 1.52. The van der Waals surface area contributed by atoms with Gasteiger partial charge in [0.2, 0.25) is 0 Å². The van der Waals surface area contributed by atoms with Gasteiger partial charge in [0.1, 0.15) is 18.4 Å². The molecule has 3 rings (SSSR count). The molecule has 8 nitrogen and oxygen atoms in total. The standard InChI is InChI=1S/C20H25N3O5/c21-13-16-5-1-2-7-18(16)27-15-19(24)23-8-4-3-6-17(23)14-28-20(25)22-9-11-26-12-10-22/h1-2,5,7,17H,3-4,6,8-12,14-15H2/t17-/m0/s1. The lowest BCUT2D eigenvalue weighted by molar-refractivity contribution is -0.138. The summed E-state index contributed by atoms with van der Waals surface area (Å²) in [6, 6.07) is 8.72. The molecular weight excluding hydrogens is 362 g/mol. The molecule has 1 aromatic rings. The fourth-order valence-electron chi connectivity index (χ4n) is 3.41. The number of rotatable bonds is 5. The fraction of sp³-hybridized carbons (Fsp3) is 0.550. The molecule has 28 heavy (non-hydrogen) atoms. The largest absolute Gasteiger partial charge is 0.482 e. The number of ether oxygens (including phenoxy) is 3. The van der Waals surface area contributed by atoms with Gasteiger partial charge < -0.3 is 24.0 Å². The first-order chi connectivity index (χ1) is 13.7. The topological polar surface area (TPSA) is 92.1 Å². The number of para-hydroxylation sites is 1. The van der Waals surface area contributed by atoms with E-state index in [4.69, 9.17) is 19.5 Å². The van der Waals surface area contributed by atoms with Gasteiger partial charge >= 0.3 is 6.09 Å².